The SMILES string of the molecule is Cc1cc(/C=N\NC(=O)c2ccc3ccccc3c2)c(C)n1-c1ccc(S(N)(=O)=O)cc1. The van der Waals surface area contributed by atoms with Crippen molar-refractivity contribution in [1.82, 2.24) is 9.99 Å². The molecule has 0 aliphatic rings. The molecule has 0 atom stereocenters. The van der Waals surface area contributed by atoms with Crippen molar-refractivity contribution < 1.29 is 13.2 Å². The molecule has 0 saturated heterocycles. The van der Waals surface area contributed by atoms with E-state index in [-0.39, 0.29) is 10.8 Å². The molecule has 0 unspecified atom stereocenters. The third kappa shape index (κ3) is 4.32. The van der Waals surface area contributed by atoms with E-state index in [1.807, 2.05) is 60.9 Å². The molecule has 4 rings (SSSR count). The first-order valence-electron chi connectivity index (χ1n) is 9.88. The van der Waals surface area contributed by atoms with Gasteiger partial charge in [-0.15, -0.1) is 0 Å². The Morgan fingerprint density at radius 1 is 0.969 bits per heavy atom. The number of carbonyl (C=O) groups is 1. The number of carbonyl (C=O) groups excluding carboxylic acids is 1. The number of hydrogen-bond acceptors (Lipinski definition) is 4. The van der Waals surface area contributed by atoms with E-state index in [4.69, 9.17) is 5.14 Å². The molecule has 1 amide bonds. The van der Waals surface area contributed by atoms with Gasteiger partial charge >= 0.3 is 0 Å². The number of fused-ring (bicyclic) bond motifs is 1. The van der Waals surface area contributed by atoms with Gasteiger partial charge in [0.05, 0.1) is 11.1 Å². The second kappa shape index (κ2) is 8.41. The quantitative estimate of drug-likeness (QED) is 0.361. The fourth-order valence-corrected chi connectivity index (χ4v) is 4.17. The molecular weight excluding hydrogens is 424 g/mol. The van der Waals surface area contributed by atoms with Crippen molar-refractivity contribution in [2.45, 2.75) is 18.7 Å². The molecule has 0 aliphatic carbocycles. The number of aryl methyl sites for hydroxylation is 1. The summed E-state index contributed by atoms with van der Waals surface area (Å²) in [5.41, 5.74) is 6.57. The van der Waals surface area contributed by atoms with Crippen molar-refractivity contribution in [3.63, 3.8) is 0 Å². The molecule has 0 fully saturated rings. The average molecular weight is 447 g/mol. The molecular formula is C24H22N4O3S. The molecule has 32 heavy (non-hydrogen) atoms. The van der Waals surface area contributed by atoms with Gasteiger partial charge in [-0.1, -0.05) is 30.3 Å². The van der Waals surface area contributed by atoms with Crippen molar-refractivity contribution >= 4 is 32.9 Å². The fraction of sp³-hybridized carbons (Fsp3) is 0.0833. The number of hydrazone groups is 1. The maximum Gasteiger partial charge on any atom is 0.271 e. The van der Waals surface area contributed by atoms with E-state index in [2.05, 4.69) is 10.5 Å². The predicted octanol–water partition coefficient (Wildman–Crippen LogP) is 3.66. The Bertz CT molecular complexity index is 1450. The lowest BCUT2D eigenvalue weighted by atomic mass is 10.1. The van der Waals surface area contributed by atoms with Crippen LogP contribution in [0.5, 0.6) is 0 Å². The largest absolute Gasteiger partial charge is 0.318 e. The van der Waals surface area contributed by atoms with Gasteiger partial charge in [-0.25, -0.2) is 19.0 Å². The molecule has 0 radical (unpaired) electrons. The van der Waals surface area contributed by atoms with Crippen LogP contribution in [0.4, 0.5) is 0 Å². The van der Waals surface area contributed by atoms with E-state index in [0.717, 1.165) is 33.4 Å². The van der Waals surface area contributed by atoms with Crippen LogP contribution in [0.2, 0.25) is 0 Å². The highest BCUT2D eigenvalue weighted by atomic mass is 32.2. The summed E-state index contributed by atoms with van der Waals surface area (Å²) in [4.78, 5) is 12.5. The lowest BCUT2D eigenvalue weighted by Crippen LogP contribution is -2.17. The molecule has 8 heteroatoms. The summed E-state index contributed by atoms with van der Waals surface area (Å²) in [7, 11) is -3.74. The minimum Gasteiger partial charge on any atom is -0.318 e. The second-order valence-corrected chi connectivity index (χ2v) is 9.02. The zero-order valence-corrected chi connectivity index (χ0v) is 18.4. The highest BCUT2D eigenvalue weighted by Crippen LogP contribution is 2.21. The van der Waals surface area contributed by atoms with E-state index in [0.29, 0.717) is 5.56 Å². The molecule has 162 valence electrons. The molecule has 1 heterocycles. The van der Waals surface area contributed by atoms with Crippen molar-refractivity contribution in [3.05, 3.63) is 95.3 Å². The van der Waals surface area contributed by atoms with Gasteiger partial charge in [0.25, 0.3) is 5.91 Å². The molecule has 0 bridgehead atoms. The summed E-state index contributed by atoms with van der Waals surface area (Å²) in [6.45, 7) is 3.86. The monoisotopic (exact) mass is 446 g/mol. The molecule has 0 spiro atoms. The third-order valence-electron chi connectivity index (χ3n) is 5.28. The molecule has 3 N–H and O–H groups in total. The molecule has 0 saturated carbocycles. The summed E-state index contributed by atoms with van der Waals surface area (Å²) < 4.78 is 24.9. The van der Waals surface area contributed by atoms with E-state index in [1.165, 1.54) is 12.1 Å². The molecule has 1 aromatic heterocycles. The van der Waals surface area contributed by atoms with Crippen LogP contribution in [-0.2, 0) is 10.0 Å². The van der Waals surface area contributed by atoms with Gasteiger partial charge in [-0.3, -0.25) is 4.79 Å². The van der Waals surface area contributed by atoms with Crippen molar-refractivity contribution in [2.24, 2.45) is 10.2 Å². The Morgan fingerprint density at radius 3 is 2.34 bits per heavy atom. The van der Waals surface area contributed by atoms with Gasteiger partial charge < -0.3 is 4.57 Å². The minimum atomic E-state index is -3.74. The lowest BCUT2D eigenvalue weighted by molar-refractivity contribution is 0.0955. The topological polar surface area (TPSA) is 107 Å². The zero-order valence-electron chi connectivity index (χ0n) is 17.6. The Morgan fingerprint density at radius 2 is 1.66 bits per heavy atom. The van der Waals surface area contributed by atoms with Crippen LogP contribution >= 0.6 is 0 Å². The van der Waals surface area contributed by atoms with Crippen molar-refractivity contribution in [2.75, 3.05) is 0 Å². The highest BCUT2D eigenvalue weighted by molar-refractivity contribution is 7.89. The number of aromatic nitrogens is 1. The Kier molecular flexibility index (Phi) is 5.65. The van der Waals surface area contributed by atoms with Crippen molar-refractivity contribution in [1.29, 1.82) is 0 Å². The van der Waals surface area contributed by atoms with Crippen LogP contribution in [0.1, 0.15) is 27.3 Å². The van der Waals surface area contributed by atoms with Gasteiger partial charge in [-0.2, -0.15) is 5.10 Å². The number of benzene rings is 3. The molecule has 4 aromatic rings. The number of sulfonamides is 1. The van der Waals surface area contributed by atoms with Crippen LogP contribution in [-0.4, -0.2) is 25.1 Å². The highest BCUT2D eigenvalue weighted by Gasteiger charge is 2.12. The summed E-state index contributed by atoms with van der Waals surface area (Å²) in [6, 6.07) is 21.6. The predicted molar refractivity (Wildman–Crippen MR) is 126 cm³/mol. The Labute approximate surface area is 186 Å². The lowest BCUT2D eigenvalue weighted by Gasteiger charge is -2.10. The molecule has 7 nitrogen and oxygen atoms in total. The van der Waals surface area contributed by atoms with E-state index >= 15 is 0 Å². The minimum absolute atomic E-state index is 0.0573. The van der Waals surface area contributed by atoms with Crippen LogP contribution in [0.3, 0.4) is 0 Å². The number of amides is 1. The molecule has 0 aliphatic heterocycles. The first-order chi connectivity index (χ1) is 15.2. The van der Waals surface area contributed by atoms with Gasteiger partial charge in [0.15, 0.2) is 0 Å². The molecule has 3 aromatic carbocycles. The summed E-state index contributed by atoms with van der Waals surface area (Å²) in [6.07, 6.45) is 1.59. The van der Waals surface area contributed by atoms with E-state index in [1.54, 1.807) is 24.4 Å². The van der Waals surface area contributed by atoms with E-state index < -0.39 is 10.0 Å². The summed E-state index contributed by atoms with van der Waals surface area (Å²) >= 11 is 0. The standard InChI is InChI=1S/C24H22N4O3S/c1-16-13-21(17(2)28(16)22-9-11-23(12-10-22)32(25,30)31)15-26-27-24(29)20-8-7-18-5-3-4-6-19(18)14-20/h3-15H,1-2H3,(H,27,29)(H2,25,30,31)/b26-15-. The summed E-state index contributed by atoms with van der Waals surface area (Å²) in [5, 5.41) is 11.3. The number of rotatable bonds is 5. The Balaban J connectivity index is 1.52. The Hall–Kier alpha value is -3.75. The second-order valence-electron chi connectivity index (χ2n) is 7.46. The van der Waals surface area contributed by atoms with Gasteiger partial charge in [0.1, 0.15) is 0 Å². The number of primary sulfonamides is 1. The van der Waals surface area contributed by atoms with Crippen LogP contribution in [0.15, 0.2) is 82.8 Å². The van der Waals surface area contributed by atoms with Gasteiger partial charge in [0, 0.05) is 28.2 Å². The zero-order chi connectivity index (χ0) is 22.9. The third-order valence-corrected chi connectivity index (χ3v) is 6.20. The van der Waals surface area contributed by atoms with Crippen LogP contribution in [0.25, 0.3) is 16.5 Å². The number of nitrogens with two attached hydrogens (primary N) is 1. The van der Waals surface area contributed by atoms with Crippen LogP contribution < -0.4 is 10.6 Å². The number of hydrogen-bond donors (Lipinski definition) is 2. The smallest absolute Gasteiger partial charge is 0.271 e. The number of nitrogens with one attached hydrogen (secondary N) is 1. The average Bonchev–Trinajstić information content (AvgIpc) is 3.05. The van der Waals surface area contributed by atoms with Crippen LogP contribution in [0, 0.1) is 13.8 Å². The van der Waals surface area contributed by atoms with Crippen molar-refractivity contribution in [3.8, 4) is 5.69 Å². The maximum atomic E-state index is 12.5. The first kappa shape index (κ1) is 21.5. The fourth-order valence-electron chi connectivity index (χ4n) is 3.66. The summed E-state index contributed by atoms with van der Waals surface area (Å²) in [5.74, 6) is -0.292. The van der Waals surface area contributed by atoms with E-state index in [9.17, 15) is 13.2 Å². The van der Waals surface area contributed by atoms with Gasteiger partial charge in [-0.05, 0) is 67.1 Å². The van der Waals surface area contributed by atoms with Gasteiger partial charge in [0.2, 0.25) is 10.0 Å². The number of nitrogens with zero attached hydrogens (tertiary/aromatic N) is 2. The maximum absolute atomic E-state index is 12.5. The normalized spacial score (nSPS) is 11.8. The first-order valence-corrected chi connectivity index (χ1v) is 11.4.